The summed E-state index contributed by atoms with van der Waals surface area (Å²) >= 11 is 3.06. The van der Waals surface area contributed by atoms with Crippen LogP contribution in [0.1, 0.15) is 5.56 Å². The first-order valence-electron chi connectivity index (χ1n) is 2.68. The molecule has 0 atom stereocenters. The van der Waals surface area contributed by atoms with E-state index in [1.54, 1.807) is 0 Å². The van der Waals surface area contributed by atoms with E-state index in [1.165, 1.54) is 10.0 Å². The summed E-state index contributed by atoms with van der Waals surface area (Å²) in [7, 11) is 0. The number of halogens is 1. The molecule has 0 aliphatic carbocycles. The molecule has 0 heterocycles. The minimum atomic E-state index is 0.630. The summed E-state index contributed by atoms with van der Waals surface area (Å²) in [6.45, 7) is 2.12. The van der Waals surface area contributed by atoms with Crippen LogP contribution in [-0.2, 0) is 0 Å². The molecule has 0 saturated heterocycles. The molecule has 0 spiro atoms. The van der Waals surface area contributed by atoms with Crippen molar-refractivity contribution in [2.24, 2.45) is 0 Å². The summed E-state index contributed by atoms with van der Waals surface area (Å²) in [5.74, 6) is 0. The van der Waals surface area contributed by atoms with Crippen LogP contribution in [0.5, 0.6) is 0 Å². The maximum atomic E-state index is 2.43. The van der Waals surface area contributed by atoms with Crippen LogP contribution in [0.4, 0.5) is 0 Å². The molecule has 0 aliphatic rings. The van der Waals surface area contributed by atoms with Gasteiger partial charge in [0.05, 0.1) is 0 Å². The Labute approximate surface area is 72.9 Å². The molecule has 0 aliphatic heterocycles. The first-order chi connectivity index (χ1) is 4.33. The van der Waals surface area contributed by atoms with Crippen molar-refractivity contribution in [1.82, 2.24) is 0 Å². The zero-order valence-electron chi connectivity index (χ0n) is 5.10. The fourth-order valence-electron chi connectivity index (χ4n) is 0.590. The molecule has 0 aromatic heterocycles. The molecular formula is C7H7ISe. The molecule has 9 heavy (non-hydrogen) atoms. The van der Waals surface area contributed by atoms with E-state index in [9.17, 15) is 0 Å². The Bertz CT molecular complexity index is 181. The number of rotatable bonds is 1. The predicted molar refractivity (Wildman–Crippen MR) is 50.6 cm³/mol. The van der Waals surface area contributed by atoms with Crippen molar-refractivity contribution in [3.05, 3.63) is 29.8 Å². The van der Waals surface area contributed by atoms with Crippen LogP contribution < -0.4 is 4.46 Å². The normalized spacial score (nSPS) is 9.56. The molecule has 48 valence electrons. The van der Waals surface area contributed by atoms with E-state index in [0.29, 0.717) is 11.7 Å². The fourth-order valence-corrected chi connectivity index (χ4v) is 2.62. The summed E-state index contributed by atoms with van der Waals surface area (Å²) < 4.78 is 1.47. The van der Waals surface area contributed by atoms with Crippen LogP contribution in [0.15, 0.2) is 24.3 Å². The molecule has 1 rings (SSSR count). The number of aryl methyl sites for hydroxylation is 1. The SMILES string of the molecule is Cc1ccc([Se]I)cc1. The van der Waals surface area contributed by atoms with Gasteiger partial charge in [-0.05, 0) is 0 Å². The van der Waals surface area contributed by atoms with Gasteiger partial charge in [0.15, 0.2) is 0 Å². The minimum absolute atomic E-state index is 0.630. The molecule has 2 heteroatoms. The van der Waals surface area contributed by atoms with Gasteiger partial charge in [0.25, 0.3) is 0 Å². The third-order valence-corrected chi connectivity index (χ3v) is 4.70. The van der Waals surface area contributed by atoms with Crippen molar-refractivity contribution < 1.29 is 0 Å². The number of hydrogen-bond donors (Lipinski definition) is 0. The molecule has 0 saturated carbocycles. The molecule has 0 amide bonds. The number of hydrogen-bond acceptors (Lipinski definition) is 0. The van der Waals surface area contributed by atoms with Gasteiger partial charge in [0, 0.05) is 0 Å². The average Bonchev–Trinajstić information content (AvgIpc) is 1.90. The van der Waals surface area contributed by atoms with Gasteiger partial charge in [-0.3, -0.25) is 0 Å². The molecule has 1 aromatic carbocycles. The van der Waals surface area contributed by atoms with Crippen LogP contribution >= 0.6 is 20.3 Å². The summed E-state index contributed by atoms with van der Waals surface area (Å²) in [5.41, 5.74) is 1.35. The van der Waals surface area contributed by atoms with E-state index in [2.05, 4.69) is 51.5 Å². The second kappa shape index (κ2) is 3.59. The van der Waals surface area contributed by atoms with E-state index < -0.39 is 0 Å². The van der Waals surface area contributed by atoms with E-state index in [-0.39, 0.29) is 0 Å². The molecule has 0 N–H and O–H groups in total. The second-order valence-electron chi connectivity index (χ2n) is 1.89. The van der Waals surface area contributed by atoms with E-state index in [4.69, 9.17) is 0 Å². The van der Waals surface area contributed by atoms with E-state index in [1.807, 2.05) is 0 Å². The van der Waals surface area contributed by atoms with Crippen molar-refractivity contribution in [2.75, 3.05) is 0 Å². The predicted octanol–water partition coefficient (Wildman–Crippen LogP) is 1.67. The third-order valence-electron chi connectivity index (χ3n) is 1.11. The standard InChI is InChI=1S/C7H7ISe/c1-6-2-4-7(9-8)5-3-6/h2-5H,1H3. The van der Waals surface area contributed by atoms with Crippen LogP contribution in [0.2, 0.25) is 0 Å². The van der Waals surface area contributed by atoms with E-state index in [0.717, 1.165) is 0 Å². The Morgan fingerprint density at radius 3 is 2.22 bits per heavy atom. The Hall–Kier alpha value is 0.469. The quantitative estimate of drug-likeness (QED) is 0.546. The molecular weight excluding hydrogens is 290 g/mol. The van der Waals surface area contributed by atoms with Crippen molar-refractivity contribution in [3.63, 3.8) is 0 Å². The summed E-state index contributed by atoms with van der Waals surface area (Å²) in [4.78, 5) is 0. The van der Waals surface area contributed by atoms with Crippen molar-refractivity contribution >= 4 is 36.5 Å². The molecule has 1 aromatic rings. The maximum absolute atomic E-state index is 2.43. The summed E-state index contributed by atoms with van der Waals surface area (Å²) in [6.07, 6.45) is 0. The zero-order valence-corrected chi connectivity index (χ0v) is 8.97. The molecule has 0 radical (unpaired) electrons. The second-order valence-corrected chi connectivity index (χ2v) is 5.49. The van der Waals surface area contributed by atoms with E-state index >= 15 is 0 Å². The Morgan fingerprint density at radius 1 is 1.22 bits per heavy atom. The van der Waals surface area contributed by atoms with Gasteiger partial charge in [-0.15, -0.1) is 0 Å². The van der Waals surface area contributed by atoms with Gasteiger partial charge in [0.2, 0.25) is 0 Å². The Kier molecular flexibility index (Phi) is 3.02. The number of benzene rings is 1. The monoisotopic (exact) mass is 298 g/mol. The van der Waals surface area contributed by atoms with Crippen LogP contribution in [0.3, 0.4) is 0 Å². The zero-order chi connectivity index (χ0) is 6.69. The van der Waals surface area contributed by atoms with Gasteiger partial charge >= 0.3 is 73.3 Å². The van der Waals surface area contributed by atoms with Crippen LogP contribution in [-0.4, -0.2) is 11.7 Å². The topological polar surface area (TPSA) is 0 Å². The molecule has 0 nitrogen and oxygen atoms in total. The molecule has 0 bridgehead atoms. The Morgan fingerprint density at radius 2 is 1.78 bits per heavy atom. The van der Waals surface area contributed by atoms with Gasteiger partial charge < -0.3 is 0 Å². The van der Waals surface area contributed by atoms with Crippen molar-refractivity contribution in [3.8, 4) is 0 Å². The first-order valence-corrected chi connectivity index (χ1v) is 8.76. The van der Waals surface area contributed by atoms with Gasteiger partial charge in [-0.1, -0.05) is 0 Å². The van der Waals surface area contributed by atoms with Gasteiger partial charge in [-0.2, -0.15) is 0 Å². The first kappa shape index (κ1) is 7.58. The average molecular weight is 297 g/mol. The summed E-state index contributed by atoms with van der Waals surface area (Å²) in [5, 5.41) is 0. The van der Waals surface area contributed by atoms with Gasteiger partial charge in [-0.25, -0.2) is 0 Å². The van der Waals surface area contributed by atoms with Crippen LogP contribution in [0, 0.1) is 6.92 Å². The summed E-state index contributed by atoms with van der Waals surface area (Å²) in [6, 6.07) is 8.72. The third kappa shape index (κ3) is 2.28. The molecule has 0 fully saturated rings. The Balaban J connectivity index is 2.88. The van der Waals surface area contributed by atoms with Crippen LogP contribution in [0.25, 0.3) is 0 Å². The van der Waals surface area contributed by atoms with Crippen molar-refractivity contribution in [2.45, 2.75) is 6.92 Å². The molecule has 0 unspecified atom stereocenters. The van der Waals surface area contributed by atoms with Crippen molar-refractivity contribution in [1.29, 1.82) is 0 Å². The van der Waals surface area contributed by atoms with Gasteiger partial charge in [0.1, 0.15) is 0 Å². The fraction of sp³-hybridized carbons (Fsp3) is 0.143.